The van der Waals surface area contributed by atoms with E-state index < -0.39 is 5.95 Å². The average Bonchev–Trinajstić information content (AvgIpc) is 3.45. The van der Waals surface area contributed by atoms with Gasteiger partial charge >= 0.3 is 0 Å². The van der Waals surface area contributed by atoms with Gasteiger partial charge in [0.2, 0.25) is 5.95 Å². The third-order valence-electron chi connectivity index (χ3n) is 5.73. The number of hydrogen-bond acceptors (Lipinski definition) is 5. The smallest absolute Gasteiger partial charge is 0.259 e. The monoisotopic (exact) mass is 428 g/mol. The van der Waals surface area contributed by atoms with E-state index in [0.29, 0.717) is 22.5 Å². The maximum atomic E-state index is 13.9. The lowest BCUT2D eigenvalue weighted by Crippen LogP contribution is -2.36. The van der Waals surface area contributed by atoms with Gasteiger partial charge < -0.3 is 10.2 Å². The van der Waals surface area contributed by atoms with E-state index >= 15 is 0 Å². The number of rotatable bonds is 5. The topological polar surface area (TPSA) is 57.3 Å². The minimum atomic E-state index is -0.556. The molecule has 0 unspecified atom stereocenters. The van der Waals surface area contributed by atoms with Crippen LogP contribution in [0.5, 0.6) is 0 Å². The van der Waals surface area contributed by atoms with Crippen LogP contribution in [0.15, 0.2) is 41.3 Å². The van der Waals surface area contributed by atoms with Gasteiger partial charge in [-0.2, -0.15) is 4.39 Å². The van der Waals surface area contributed by atoms with Gasteiger partial charge in [0.05, 0.1) is 5.56 Å². The minimum absolute atomic E-state index is 0.0217. The van der Waals surface area contributed by atoms with Crippen molar-refractivity contribution in [1.29, 1.82) is 0 Å². The zero-order valence-electron chi connectivity index (χ0n) is 17.8. The number of amides is 1. The molecule has 2 N–H and O–H groups in total. The van der Waals surface area contributed by atoms with Crippen molar-refractivity contribution in [3.8, 4) is 0 Å². The van der Waals surface area contributed by atoms with E-state index in [4.69, 9.17) is 0 Å². The molecule has 0 bridgehead atoms. The maximum absolute atomic E-state index is 13.9. The number of aromatic nitrogens is 1. The van der Waals surface area contributed by atoms with Crippen LogP contribution < -0.4 is 14.9 Å². The highest BCUT2D eigenvalue weighted by molar-refractivity contribution is 7.97. The fraction of sp³-hybridized carbons (Fsp3) is 0.478. The summed E-state index contributed by atoms with van der Waals surface area (Å²) in [5.41, 5.74) is 1.60. The molecular weight excluding hydrogens is 399 g/mol. The van der Waals surface area contributed by atoms with Gasteiger partial charge in [-0.3, -0.25) is 9.52 Å². The minimum Gasteiger partial charge on any atom is -0.356 e. The first-order chi connectivity index (χ1) is 14.2. The first kappa shape index (κ1) is 21.1. The molecule has 1 spiro atoms. The van der Waals surface area contributed by atoms with E-state index in [1.54, 1.807) is 0 Å². The number of anilines is 2. The van der Waals surface area contributed by atoms with E-state index in [1.807, 2.05) is 24.3 Å². The quantitative estimate of drug-likeness (QED) is 0.503. The SMILES string of the molecule is CC(C)(C)NSc1cccc(NC(=O)c2ccc(F)nc2N2CCC3(CC2)CC3)c1. The van der Waals surface area contributed by atoms with Crippen LogP contribution in [0, 0.1) is 11.4 Å². The number of nitrogens with zero attached hydrogens (tertiary/aromatic N) is 2. The summed E-state index contributed by atoms with van der Waals surface area (Å²) in [5, 5.41) is 2.95. The second-order valence-electron chi connectivity index (χ2n) is 9.43. The summed E-state index contributed by atoms with van der Waals surface area (Å²) in [6.07, 6.45) is 4.77. The number of benzene rings is 1. The number of piperidine rings is 1. The lowest BCUT2D eigenvalue weighted by Gasteiger charge is -2.33. The Morgan fingerprint density at radius 3 is 2.53 bits per heavy atom. The Bertz CT molecular complexity index is 929. The lowest BCUT2D eigenvalue weighted by molar-refractivity contribution is 0.102. The molecule has 1 saturated heterocycles. The van der Waals surface area contributed by atoms with Gasteiger partial charge in [-0.1, -0.05) is 6.07 Å². The van der Waals surface area contributed by atoms with Crippen molar-refractivity contribution >= 4 is 29.4 Å². The van der Waals surface area contributed by atoms with Crippen LogP contribution in [-0.2, 0) is 0 Å². The second-order valence-corrected chi connectivity index (χ2v) is 10.3. The van der Waals surface area contributed by atoms with Crippen LogP contribution in [0.2, 0.25) is 0 Å². The molecule has 4 rings (SSSR count). The predicted molar refractivity (Wildman–Crippen MR) is 120 cm³/mol. The van der Waals surface area contributed by atoms with Crippen LogP contribution in [0.25, 0.3) is 0 Å². The first-order valence-corrected chi connectivity index (χ1v) is 11.3. The standard InChI is InChI=1S/C23H29FN4OS/c1-22(2,3)27-30-17-6-4-5-16(15-17)25-21(29)18-7-8-19(24)26-20(18)28-13-11-23(9-10-23)12-14-28/h4-8,15,27H,9-14H2,1-3H3,(H,25,29). The molecule has 160 valence electrons. The van der Waals surface area contributed by atoms with Gasteiger partial charge in [0, 0.05) is 29.2 Å². The van der Waals surface area contributed by atoms with Gasteiger partial charge in [-0.25, -0.2) is 4.98 Å². The summed E-state index contributed by atoms with van der Waals surface area (Å²) in [7, 11) is 0. The highest BCUT2D eigenvalue weighted by Gasteiger charge is 2.44. The lowest BCUT2D eigenvalue weighted by atomic mass is 9.93. The van der Waals surface area contributed by atoms with Crippen molar-refractivity contribution < 1.29 is 9.18 Å². The Morgan fingerprint density at radius 2 is 1.87 bits per heavy atom. The zero-order valence-corrected chi connectivity index (χ0v) is 18.6. The van der Waals surface area contributed by atoms with Gasteiger partial charge in [0.1, 0.15) is 5.82 Å². The fourth-order valence-corrected chi connectivity index (χ4v) is 4.52. The Balaban J connectivity index is 1.48. The summed E-state index contributed by atoms with van der Waals surface area (Å²) < 4.78 is 17.3. The molecule has 1 aromatic carbocycles. The molecular formula is C23H29FN4OS. The fourth-order valence-electron chi connectivity index (χ4n) is 3.76. The molecule has 2 heterocycles. The van der Waals surface area contributed by atoms with E-state index in [-0.39, 0.29) is 11.4 Å². The van der Waals surface area contributed by atoms with E-state index in [2.05, 4.69) is 40.7 Å². The number of halogens is 1. The number of hydrogen-bond donors (Lipinski definition) is 2. The highest BCUT2D eigenvalue weighted by atomic mass is 32.2. The van der Waals surface area contributed by atoms with Crippen molar-refractivity contribution in [3.05, 3.63) is 47.9 Å². The van der Waals surface area contributed by atoms with Crippen molar-refractivity contribution in [3.63, 3.8) is 0 Å². The van der Waals surface area contributed by atoms with Crippen LogP contribution in [0.3, 0.4) is 0 Å². The Kier molecular flexibility index (Phi) is 5.77. The number of carbonyl (C=O) groups is 1. The van der Waals surface area contributed by atoms with Gasteiger partial charge in [-0.05, 0) is 94.1 Å². The van der Waals surface area contributed by atoms with Crippen molar-refractivity contribution in [2.75, 3.05) is 23.3 Å². The van der Waals surface area contributed by atoms with Crippen molar-refractivity contribution in [2.24, 2.45) is 5.41 Å². The predicted octanol–water partition coefficient (Wildman–Crippen LogP) is 5.25. The number of nitrogens with one attached hydrogen (secondary N) is 2. The van der Waals surface area contributed by atoms with E-state index in [9.17, 15) is 9.18 Å². The number of pyridine rings is 1. The van der Waals surface area contributed by atoms with E-state index in [1.165, 1.54) is 36.9 Å². The third-order valence-corrected chi connectivity index (χ3v) is 6.94. The third kappa shape index (κ3) is 5.13. The molecule has 7 heteroatoms. The van der Waals surface area contributed by atoms with E-state index in [0.717, 1.165) is 30.8 Å². The molecule has 30 heavy (non-hydrogen) atoms. The molecule has 2 fully saturated rings. The molecule has 1 aliphatic carbocycles. The molecule has 1 aromatic heterocycles. The molecule has 1 aliphatic heterocycles. The normalized spacial score (nSPS) is 17.8. The van der Waals surface area contributed by atoms with Crippen LogP contribution >= 0.6 is 11.9 Å². The number of carbonyl (C=O) groups excluding carboxylic acids is 1. The van der Waals surface area contributed by atoms with Crippen LogP contribution in [0.1, 0.15) is 56.8 Å². The summed E-state index contributed by atoms with van der Waals surface area (Å²) in [4.78, 5) is 20.2. The first-order valence-electron chi connectivity index (χ1n) is 10.5. The van der Waals surface area contributed by atoms with Gasteiger partial charge in [0.15, 0.2) is 0 Å². The average molecular weight is 429 g/mol. The molecule has 1 saturated carbocycles. The Hall–Kier alpha value is -2.12. The van der Waals surface area contributed by atoms with Crippen molar-refractivity contribution in [2.45, 2.75) is 56.9 Å². The highest BCUT2D eigenvalue weighted by Crippen LogP contribution is 2.53. The summed E-state index contributed by atoms with van der Waals surface area (Å²) in [6, 6.07) is 10.5. The molecule has 5 nitrogen and oxygen atoms in total. The summed E-state index contributed by atoms with van der Waals surface area (Å²) in [5.74, 6) is -0.377. The summed E-state index contributed by atoms with van der Waals surface area (Å²) in [6.45, 7) is 7.93. The van der Waals surface area contributed by atoms with Gasteiger partial charge in [0.25, 0.3) is 5.91 Å². The van der Waals surface area contributed by atoms with Gasteiger partial charge in [-0.15, -0.1) is 0 Å². The van der Waals surface area contributed by atoms with Crippen LogP contribution in [-0.4, -0.2) is 29.5 Å². The zero-order chi connectivity index (χ0) is 21.4. The molecule has 2 aromatic rings. The molecule has 1 amide bonds. The Morgan fingerprint density at radius 1 is 1.13 bits per heavy atom. The van der Waals surface area contributed by atoms with Crippen LogP contribution in [0.4, 0.5) is 15.9 Å². The second kappa shape index (κ2) is 8.19. The maximum Gasteiger partial charge on any atom is 0.259 e. The molecule has 0 radical (unpaired) electrons. The van der Waals surface area contributed by atoms with Crippen molar-refractivity contribution in [1.82, 2.24) is 9.71 Å². The molecule has 2 aliphatic rings. The largest absolute Gasteiger partial charge is 0.356 e. The Labute approximate surface area is 182 Å². The molecule has 0 atom stereocenters. The summed E-state index contributed by atoms with van der Waals surface area (Å²) >= 11 is 1.53.